The molecule has 0 spiro atoms. The molecule has 1 heterocycles. The second-order valence-corrected chi connectivity index (χ2v) is 8.29. The van der Waals surface area contributed by atoms with Crippen molar-refractivity contribution in [3.05, 3.63) is 29.8 Å². The van der Waals surface area contributed by atoms with Crippen LogP contribution in [0.15, 0.2) is 24.3 Å². The van der Waals surface area contributed by atoms with Crippen LogP contribution in [0.25, 0.3) is 0 Å². The van der Waals surface area contributed by atoms with Crippen molar-refractivity contribution in [2.45, 2.75) is 77.6 Å². The molecular weight excluding hydrogens is 377 g/mol. The van der Waals surface area contributed by atoms with Gasteiger partial charge in [0.15, 0.2) is 0 Å². The Kier molecular flexibility index (Phi) is 13.9. The van der Waals surface area contributed by atoms with E-state index < -0.39 is 7.32 Å². The fraction of sp³-hybridized carbons (Fsp3) is 0.750. The van der Waals surface area contributed by atoms with E-state index in [0.717, 1.165) is 25.3 Å². The second kappa shape index (κ2) is 16.6. The largest absolute Gasteiger partial charge is 0.713 e. The zero-order valence-corrected chi connectivity index (χ0v) is 19.0. The molecule has 1 fully saturated rings. The van der Waals surface area contributed by atoms with Gasteiger partial charge in [-0.2, -0.15) is 0 Å². The van der Waals surface area contributed by atoms with Gasteiger partial charge in [-0.1, -0.05) is 76.8 Å². The Bertz CT molecular complexity index is 518. The predicted molar refractivity (Wildman–Crippen MR) is 124 cm³/mol. The number of aliphatic hydroxyl groups excluding tert-OH is 1. The molecule has 1 aliphatic rings. The third-order valence-corrected chi connectivity index (χ3v) is 5.71. The van der Waals surface area contributed by atoms with E-state index in [1.54, 1.807) is 0 Å². The van der Waals surface area contributed by atoms with Crippen molar-refractivity contribution < 1.29 is 19.1 Å². The molecule has 1 N–H and O–H groups in total. The summed E-state index contributed by atoms with van der Waals surface area (Å²) in [5, 5.41) is 9.04. The van der Waals surface area contributed by atoms with Gasteiger partial charge in [-0.05, 0) is 30.5 Å². The van der Waals surface area contributed by atoms with Gasteiger partial charge in [-0.15, -0.1) is 0 Å². The molecule has 0 amide bonds. The highest BCUT2D eigenvalue weighted by Crippen LogP contribution is 2.17. The molecule has 1 aliphatic heterocycles. The highest BCUT2D eigenvalue weighted by atomic mass is 16.7. The molecule has 30 heavy (non-hydrogen) atoms. The first kappa shape index (κ1) is 25.2. The first-order chi connectivity index (χ1) is 14.8. The lowest BCUT2D eigenvalue weighted by atomic mass is 10.0. The van der Waals surface area contributed by atoms with Gasteiger partial charge in [0.05, 0.1) is 6.61 Å². The minimum absolute atomic E-state index is 0.158. The standard InChI is InChI=1S/C24H42BNO4/c1-2-3-4-5-6-7-8-9-10-11-12-23-13-15-24(16-14-23)30-25-28-21-18-26(17-20-27)19-22-29-25/h13-16,27H,2-12,17-22H2,1H3. The van der Waals surface area contributed by atoms with Crippen LogP contribution in [0.3, 0.4) is 0 Å². The van der Waals surface area contributed by atoms with Crippen molar-refractivity contribution in [2.75, 3.05) is 39.5 Å². The summed E-state index contributed by atoms with van der Waals surface area (Å²) in [6, 6.07) is 8.31. The molecular formula is C24H42BNO4. The number of benzene rings is 1. The predicted octanol–water partition coefficient (Wildman–Crippen LogP) is 4.85. The molecule has 0 aromatic heterocycles. The number of aryl methyl sites for hydroxylation is 1. The Hall–Kier alpha value is -1.08. The molecule has 0 radical (unpaired) electrons. The molecule has 0 bridgehead atoms. The van der Waals surface area contributed by atoms with E-state index in [0.29, 0.717) is 19.8 Å². The number of rotatable bonds is 15. The third kappa shape index (κ3) is 11.4. The zero-order chi connectivity index (χ0) is 21.3. The molecule has 0 atom stereocenters. The summed E-state index contributed by atoms with van der Waals surface area (Å²) in [6.45, 7) is 5.70. The number of unbranched alkanes of at least 4 members (excludes halogenated alkanes) is 9. The Morgan fingerprint density at radius 3 is 2.00 bits per heavy atom. The lowest BCUT2D eigenvalue weighted by molar-refractivity contribution is 0.0711. The molecule has 1 aromatic carbocycles. The van der Waals surface area contributed by atoms with Gasteiger partial charge in [-0.3, -0.25) is 4.90 Å². The number of aliphatic hydroxyl groups is 1. The Morgan fingerprint density at radius 2 is 1.43 bits per heavy atom. The Morgan fingerprint density at radius 1 is 0.867 bits per heavy atom. The van der Waals surface area contributed by atoms with Crippen molar-refractivity contribution in [2.24, 2.45) is 0 Å². The van der Waals surface area contributed by atoms with Gasteiger partial charge < -0.3 is 19.1 Å². The quantitative estimate of drug-likeness (QED) is 0.325. The maximum atomic E-state index is 9.04. The molecule has 6 heteroatoms. The van der Waals surface area contributed by atoms with E-state index in [2.05, 4.69) is 24.0 Å². The summed E-state index contributed by atoms with van der Waals surface area (Å²) in [4.78, 5) is 2.12. The smallest absolute Gasteiger partial charge is 0.512 e. The summed E-state index contributed by atoms with van der Waals surface area (Å²) in [5.74, 6) is 0.777. The summed E-state index contributed by atoms with van der Waals surface area (Å²) in [7, 11) is -0.658. The van der Waals surface area contributed by atoms with Crippen LogP contribution in [0.4, 0.5) is 0 Å². The maximum absolute atomic E-state index is 9.04. The lowest BCUT2D eigenvalue weighted by Gasteiger charge is -2.25. The SMILES string of the molecule is CCCCCCCCCCCCc1ccc(OB2OCCN(CCO)CCO2)cc1. The van der Waals surface area contributed by atoms with E-state index in [9.17, 15) is 0 Å². The van der Waals surface area contributed by atoms with E-state index in [-0.39, 0.29) is 6.61 Å². The molecule has 0 unspecified atom stereocenters. The molecule has 5 nitrogen and oxygen atoms in total. The summed E-state index contributed by atoms with van der Waals surface area (Å²) < 4.78 is 17.2. The highest BCUT2D eigenvalue weighted by molar-refractivity contribution is 6.37. The zero-order valence-electron chi connectivity index (χ0n) is 19.0. The van der Waals surface area contributed by atoms with Crippen molar-refractivity contribution in [1.82, 2.24) is 4.90 Å². The highest BCUT2D eigenvalue weighted by Gasteiger charge is 2.26. The first-order valence-electron chi connectivity index (χ1n) is 12.1. The van der Waals surface area contributed by atoms with Crippen LogP contribution < -0.4 is 4.65 Å². The second-order valence-electron chi connectivity index (χ2n) is 8.29. The topological polar surface area (TPSA) is 51.2 Å². The Labute approximate surface area is 184 Å². The average molecular weight is 419 g/mol. The number of nitrogens with zero attached hydrogens (tertiary/aromatic N) is 1. The molecule has 0 saturated carbocycles. The molecule has 1 saturated heterocycles. The molecule has 170 valence electrons. The van der Waals surface area contributed by atoms with Crippen LogP contribution in [0.2, 0.25) is 0 Å². The number of hydrogen-bond acceptors (Lipinski definition) is 5. The maximum Gasteiger partial charge on any atom is 0.713 e. The lowest BCUT2D eigenvalue weighted by Crippen LogP contribution is -2.42. The van der Waals surface area contributed by atoms with Crippen molar-refractivity contribution in [3.8, 4) is 5.75 Å². The normalized spacial score (nSPS) is 15.7. The number of hydrogen-bond donors (Lipinski definition) is 1. The average Bonchev–Trinajstić information content (AvgIpc) is 2.74. The number of β-amino-alcohol motifs (C(OH)–C–C–N with tert-alkyl or cyclic N) is 1. The minimum atomic E-state index is -0.658. The summed E-state index contributed by atoms with van der Waals surface area (Å²) >= 11 is 0. The Balaban J connectivity index is 1.54. The van der Waals surface area contributed by atoms with Crippen molar-refractivity contribution in [3.63, 3.8) is 0 Å². The van der Waals surface area contributed by atoms with Gasteiger partial charge >= 0.3 is 7.32 Å². The van der Waals surface area contributed by atoms with Crippen LogP contribution in [-0.4, -0.2) is 56.8 Å². The van der Waals surface area contributed by atoms with Crippen LogP contribution in [0.1, 0.15) is 76.7 Å². The summed E-state index contributed by atoms with van der Waals surface area (Å²) in [5.41, 5.74) is 1.36. The van der Waals surface area contributed by atoms with Gasteiger partial charge in [0.1, 0.15) is 5.75 Å². The molecule has 2 rings (SSSR count). The van der Waals surface area contributed by atoms with E-state index in [1.807, 2.05) is 12.1 Å². The fourth-order valence-electron chi connectivity index (χ4n) is 3.81. The minimum Gasteiger partial charge on any atom is -0.512 e. The van der Waals surface area contributed by atoms with Crippen LogP contribution in [0, 0.1) is 0 Å². The van der Waals surface area contributed by atoms with Gasteiger partial charge in [0.25, 0.3) is 0 Å². The van der Waals surface area contributed by atoms with Gasteiger partial charge in [0.2, 0.25) is 0 Å². The van der Waals surface area contributed by atoms with Gasteiger partial charge in [0, 0.05) is 32.8 Å². The van der Waals surface area contributed by atoms with Crippen molar-refractivity contribution >= 4 is 7.32 Å². The third-order valence-electron chi connectivity index (χ3n) is 5.71. The van der Waals surface area contributed by atoms with Crippen LogP contribution in [0.5, 0.6) is 5.75 Å². The molecule has 1 aromatic rings. The monoisotopic (exact) mass is 419 g/mol. The van der Waals surface area contributed by atoms with E-state index in [1.165, 1.54) is 69.8 Å². The fourth-order valence-corrected chi connectivity index (χ4v) is 3.81. The van der Waals surface area contributed by atoms with E-state index in [4.69, 9.17) is 19.1 Å². The van der Waals surface area contributed by atoms with Gasteiger partial charge in [-0.25, -0.2) is 0 Å². The van der Waals surface area contributed by atoms with Crippen molar-refractivity contribution in [1.29, 1.82) is 0 Å². The summed E-state index contributed by atoms with van der Waals surface area (Å²) in [6.07, 6.45) is 14.8. The molecule has 0 aliphatic carbocycles. The van der Waals surface area contributed by atoms with Crippen LogP contribution in [-0.2, 0) is 15.7 Å². The van der Waals surface area contributed by atoms with E-state index >= 15 is 0 Å². The van der Waals surface area contributed by atoms with Crippen LogP contribution >= 0.6 is 0 Å². The first-order valence-corrected chi connectivity index (χ1v) is 12.1.